The molecule has 2 heterocycles. The van der Waals surface area contributed by atoms with Crippen LogP contribution in [0.2, 0.25) is 5.02 Å². The molecule has 0 aliphatic heterocycles. The topological polar surface area (TPSA) is 55.8 Å². The molecule has 0 spiro atoms. The Kier molecular flexibility index (Phi) is 5.91. The molecule has 1 amide bonds. The van der Waals surface area contributed by atoms with E-state index >= 15 is 0 Å². The highest BCUT2D eigenvalue weighted by atomic mass is 35.5. The van der Waals surface area contributed by atoms with Gasteiger partial charge in [0, 0.05) is 5.02 Å². The Hall–Kier alpha value is -2.66. The number of nitrogens with zero attached hydrogens (tertiary/aromatic N) is 1. The van der Waals surface area contributed by atoms with E-state index in [0.717, 1.165) is 11.1 Å². The molecule has 142 valence electrons. The normalized spacial score (nSPS) is 12.0. The van der Waals surface area contributed by atoms with Crippen molar-refractivity contribution < 1.29 is 18.4 Å². The molecular formula is C21H22ClNO4. The third kappa shape index (κ3) is 4.74. The van der Waals surface area contributed by atoms with Crippen molar-refractivity contribution in [1.82, 2.24) is 4.90 Å². The minimum absolute atomic E-state index is 0.159. The van der Waals surface area contributed by atoms with Crippen LogP contribution >= 0.6 is 11.6 Å². The van der Waals surface area contributed by atoms with Crippen molar-refractivity contribution in [3.8, 4) is 5.75 Å². The highest BCUT2D eigenvalue weighted by molar-refractivity contribution is 6.32. The van der Waals surface area contributed by atoms with E-state index in [2.05, 4.69) is 0 Å². The van der Waals surface area contributed by atoms with Crippen LogP contribution in [0.25, 0.3) is 0 Å². The van der Waals surface area contributed by atoms with Crippen LogP contribution in [0.4, 0.5) is 0 Å². The number of hydrogen-bond donors (Lipinski definition) is 0. The lowest BCUT2D eigenvalue weighted by atomic mass is 10.1. The van der Waals surface area contributed by atoms with Crippen molar-refractivity contribution >= 4 is 17.5 Å². The smallest absolute Gasteiger partial charge is 0.264 e. The van der Waals surface area contributed by atoms with Gasteiger partial charge < -0.3 is 18.5 Å². The maximum atomic E-state index is 13.0. The highest BCUT2D eigenvalue weighted by Crippen LogP contribution is 2.27. The summed E-state index contributed by atoms with van der Waals surface area (Å²) in [6.45, 7) is 6.22. The molecule has 1 atom stereocenters. The van der Waals surface area contributed by atoms with Gasteiger partial charge in [-0.25, -0.2) is 0 Å². The third-order valence-electron chi connectivity index (χ3n) is 4.24. The van der Waals surface area contributed by atoms with Gasteiger partial charge in [0.05, 0.1) is 25.6 Å². The summed E-state index contributed by atoms with van der Waals surface area (Å²) < 4.78 is 16.7. The minimum atomic E-state index is -0.671. The maximum absolute atomic E-state index is 13.0. The second kappa shape index (κ2) is 8.35. The van der Waals surface area contributed by atoms with Gasteiger partial charge in [-0.05, 0) is 68.3 Å². The van der Waals surface area contributed by atoms with Gasteiger partial charge in [-0.15, -0.1) is 0 Å². The molecular weight excluding hydrogens is 366 g/mol. The molecule has 1 aromatic carbocycles. The lowest BCUT2D eigenvalue weighted by molar-refractivity contribution is -0.139. The number of carbonyl (C=O) groups excluding carboxylic acids is 1. The number of hydrogen-bond acceptors (Lipinski definition) is 4. The number of aryl methyl sites for hydroxylation is 2. The molecule has 0 N–H and O–H groups in total. The van der Waals surface area contributed by atoms with Gasteiger partial charge in [-0.2, -0.15) is 0 Å². The summed E-state index contributed by atoms with van der Waals surface area (Å²) in [4.78, 5) is 14.7. The zero-order valence-corrected chi connectivity index (χ0v) is 16.3. The SMILES string of the molecule is Cc1cc(O[C@H](C)C(=O)N(Cc2ccco2)Cc2ccco2)cc(C)c1Cl. The quantitative estimate of drug-likeness (QED) is 0.563. The van der Waals surface area contributed by atoms with Gasteiger partial charge in [-0.3, -0.25) is 4.79 Å². The van der Waals surface area contributed by atoms with Gasteiger partial charge >= 0.3 is 0 Å². The van der Waals surface area contributed by atoms with Crippen molar-refractivity contribution in [2.24, 2.45) is 0 Å². The largest absolute Gasteiger partial charge is 0.481 e. The van der Waals surface area contributed by atoms with Crippen LogP contribution in [-0.2, 0) is 17.9 Å². The Morgan fingerprint density at radius 1 is 1.07 bits per heavy atom. The lowest BCUT2D eigenvalue weighted by Gasteiger charge is -2.25. The zero-order chi connectivity index (χ0) is 19.4. The predicted molar refractivity (Wildman–Crippen MR) is 103 cm³/mol. The monoisotopic (exact) mass is 387 g/mol. The molecule has 0 aliphatic carbocycles. The number of carbonyl (C=O) groups is 1. The average Bonchev–Trinajstić information content (AvgIpc) is 3.32. The van der Waals surface area contributed by atoms with Crippen molar-refractivity contribution in [1.29, 1.82) is 0 Å². The number of amides is 1. The van der Waals surface area contributed by atoms with E-state index in [1.807, 2.05) is 38.1 Å². The summed E-state index contributed by atoms with van der Waals surface area (Å²) >= 11 is 6.21. The van der Waals surface area contributed by atoms with Crippen LogP contribution in [0.15, 0.2) is 57.8 Å². The number of furan rings is 2. The van der Waals surface area contributed by atoms with Gasteiger partial charge in [0.2, 0.25) is 0 Å². The Morgan fingerprint density at radius 3 is 2.04 bits per heavy atom. The minimum Gasteiger partial charge on any atom is -0.481 e. The van der Waals surface area contributed by atoms with Crippen LogP contribution in [0.3, 0.4) is 0 Å². The number of ether oxygens (including phenoxy) is 1. The number of benzene rings is 1. The van der Waals surface area contributed by atoms with Gasteiger partial charge in [0.1, 0.15) is 17.3 Å². The second-order valence-corrected chi connectivity index (χ2v) is 6.86. The van der Waals surface area contributed by atoms with Crippen LogP contribution in [0.5, 0.6) is 5.75 Å². The Bertz CT molecular complexity index is 828. The molecule has 0 bridgehead atoms. The molecule has 0 radical (unpaired) electrons. The van der Waals surface area contributed by atoms with Crippen LogP contribution in [-0.4, -0.2) is 16.9 Å². The van der Waals surface area contributed by atoms with Gasteiger partial charge in [-0.1, -0.05) is 11.6 Å². The van der Waals surface area contributed by atoms with E-state index in [1.165, 1.54) is 0 Å². The first kappa shape index (κ1) is 19.1. The van der Waals surface area contributed by atoms with E-state index in [-0.39, 0.29) is 5.91 Å². The molecule has 0 saturated carbocycles. The first-order valence-electron chi connectivity index (χ1n) is 8.71. The summed E-state index contributed by atoms with van der Waals surface area (Å²) in [5, 5.41) is 0.707. The van der Waals surface area contributed by atoms with E-state index in [1.54, 1.807) is 36.5 Å². The van der Waals surface area contributed by atoms with Gasteiger partial charge in [0.15, 0.2) is 6.10 Å². The molecule has 3 rings (SSSR count). The molecule has 5 nitrogen and oxygen atoms in total. The standard InChI is InChI=1S/C21H22ClNO4/c1-14-10-19(11-15(2)20(14)22)27-16(3)21(24)23(12-17-6-4-8-25-17)13-18-7-5-9-26-18/h4-11,16H,12-13H2,1-3H3/t16-/m1/s1. The maximum Gasteiger partial charge on any atom is 0.264 e. The van der Waals surface area contributed by atoms with Crippen molar-refractivity contribution in [2.75, 3.05) is 0 Å². The summed E-state index contributed by atoms with van der Waals surface area (Å²) in [5.41, 5.74) is 1.82. The Morgan fingerprint density at radius 2 is 1.59 bits per heavy atom. The summed E-state index contributed by atoms with van der Waals surface area (Å²) in [6, 6.07) is 10.9. The Labute approximate surface area is 163 Å². The zero-order valence-electron chi connectivity index (χ0n) is 15.6. The van der Waals surface area contributed by atoms with Crippen molar-refractivity contribution in [2.45, 2.75) is 40.0 Å². The second-order valence-electron chi connectivity index (χ2n) is 6.48. The van der Waals surface area contributed by atoms with Gasteiger partial charge in [0.25, 0.3) is 5.91 Å². The summed E-state index contributed by atoms with van der Waals surface area (Å²) in [5.74, 6) is 1.85. The fraction of sp³-hybridized carbons (Fsp3) is 0.286. The van der Waals surface area contributed by atoms with E-state index < -0.39 is 6.10 Å². The molecule has 0 aliphatic rings. The molecule has 2 aromatic heterocycles. The van der Waals surface area contributed by atoms with Crippen molar-refractivity contribution in [3.63, 3.8) is 0 Å². The van der Waals surface area contributed by atoms with Crippen LogP contribution in [0.1, 0.15) is 29.6 Å². The number of halogens is 1. The van der Waals surface area contributed by atoms with Crippen molar-refractivity contribution in [3.05, 3.63) is 76.6 Å². The van der Waals surface area contributed by atoms with E-state index in [4.69, 9.17) is 25.2 Å². The summed E-state index contributed by atoms with van der Waals surface area (Å²) in [7, 11) is 0. The molecule has 27 heavy (non-hydrogen) atoms. The van der Waals surface area contributed by atoms with E-state index in [0.29, 0.717) is 35.4 Å². The molecule has 0 unspecified atom stereocenters. The predicted octanol–water partition coefficient (Wildman–Crippen LogP) is 5.14. The van der Waals surface area contributed by atoms with Crippen LogP contribution < -0.4 is 4.74 Å². The lowest BCUT2D eigenvalue weighted by Crippen LogP contribution is -2.39. The molecule has 0 saturated heterocycles. The molecule has 6 heteroatoms. The van der Waals surface area contributed by atoms with E-state index in [9.17, 15) is 4.79 Å². The summed E-state index contributed by atoms with van der Waals surface area (Å²) in [6.07, 6.45) is 2.50. The average molecular weight is 388 g/mol. The third-order valence-corrected chi connectivity index (χ3v) is 4.83. The molecule has 0 fully saturated rings. The first-order chi connectivity index (χ1) is 12.9. The fourth-order valence-electron chi connectivity index (χ4n) is 2.88. The first-order valence-corrected chi connectivity index (χ1v) is 9.09. The van der Waals surface area contributed by atoms with Crippen LogP contribution in [0, 0.1) is 13.8 Å². The number of rotatable bonds is 7. The molecule has 3 aromatic rings. The fourth-order valence-corrected chi connectivity index (χ4v) is 2.99. The Balaban J connectivity index is 1.75. The highest BCUT2D eigenvalue weighted by Gasteiger charge is 2.24.